The molecule has 4 aliphatic rings. The van der Waals surface area contributed by atoms with Crippen LogP contribution in [0.1, 0.15) is 32.1 Å². The van der Waals surface area contributed by atoms with E-state index >= 15 is 0 Å². The number of hydrogen-bond donors (Lipinski definition) is 2. The molecule has 68 valence electrons. The van der Waals surface area contributed by atoms with Gasteiger partial charge >= 0.3 is 0 Å². The molecule has 5 atom stereocenters. The van der Waals surface area contributed by atoms with Crippen molar-refractivity contribution in [1.82, 2.24) is 0 Å². The summed E-state index contributed by atoms with van der Waals surface area (Å²) in [6.45, 7) is 0. The van der Waals surface area contributed by atoms with Gasteiger partial charge in [0, 0.05) is 0 Å². The van der Waals surface area contributed by atoms with E-state index in [1.54, 1.807) is 0 Å². The summed E-state index contributed by atoms with van der Waals surface area (Å²) >= 11 is 0. The van der Waals surface area contributed by atoms with Crippen molar-refractivity contribution in [2.24, 2.45) is 17.8 Å². The molecular weight excluding hydrogens is 152 g/mol. The lowest BCUT2D eigenvalue weighted by Crippen LogP contribution is -2.52. The van der Waals surface area contributed by atoms with Gasteiger partial charge in [-0.1, -0.05) is 0 Å². The molecule has 0 aromatic heterocycles. The first-order valence-electron chi connectivity index (χ1n) is 5.11. The SMILES string of the molecule is OC1C2CCC3C1CCC3(O)C2. The van der Waals surface area contributed by atoms with Crippen LogP contribution in [0, 0.1) is 17.8 Å². The van der Waals surface area contributed by atoms with Gasteiger partial charge in [0.05, 0.1) is 11.7 Å². The standard InChI is InChI=1S/C10H16O2/c11-9-6-1-2-8-7(9)3-4-10(8,12)5-6/h6-9,11-12H,1-5H2. The fraction of sp³-hybridized carbons (Fsp3) is 1.00. The van der Waals surface area contributed by atoms with Gasteiger partial charge in [0.25, 0.3) is 0 Å². The zero-order valence-electron chi connectivity index (χ0n) is 7.24. The first kappa shape index (κ1) is 7.34. The van der Waals surface area contributed by atoms with Gasteiger partial charge in [-0.15, -0.1) is 0 Å². The van der Waals surface area contributed by atoms with Crippen LogP contribution in [-0.4, -0.2) is 21.9 Å². The largest absolute Gasteiger partial charge is 0.393 e. The lowest BCUT2D eigenvalue weighted by molar-refractivity contribution is -0.139. The van der Waals surface area contributed by atoms with Crippen molar-refractivity contribution in [3.63, 3.8) is 0 Å². The maximum Gasteiger partial charge on any atom is 0.0683 e. The van der Waals surface area contributed by atoms with Gasteiger partial charge in [-0.2, -0.15) is 0 Å². The van der Waals surface area contributed by atoms with Crippen LogP contribution in [0.3, 0.4) is 0 Å². The van der Waals surface area contributed by atoms with Gasteiger partial charge in [0.15, 0.2) is 0 Å². The zero-order valence-corrected chi connectivity index (χ0v) is 7.24. The van der Waals surface area contributed by atoms with Crippen molar-refractivity contribution in [1.29, 1.82) is 0 Å². The highest BCUT2D eigenvalue weighted by atomic mass is 16.3. The predicted octanol–water partition coefficient (Wildman–Crippen LogP) is 0.918. The maximum absolute atomic E-state index is 10.2. The van der Waals surface area contributed by atoms with E-state index in [1.165, 1.54) is 0 Å². The van der Waals surface area contributed by atoms with Gasteiger partial charge in [-0.25, -0.2) is 0 Å². The summed E-state index contributed by atoms with van der Waals surface area (Å²) in [5.41, 5.74) is -0.368. The molecule has 12 heavy (non-hydrogen) atoms. The van der Waals surface area contributed by atoms with Gasteiger partial charge in [-0.3, -0.25) is 0 Å². The van der Waals surface area contributed by atoms with E-state index in [-0.39, 0.29) is 11.7 Å². The molecule has 4 bridgehead atoms. The number of hydrogen-bond acceptors (Lipinski definition) is 2. The Kier molecular flexibility index (Phi) is 1.25. The first-order chi connectivity index (χ1) is 5.71. The van der Waals surface area contributed by atoms with Crippen LogP contribution >= 0.6 is 0 Å². The maximum atomic E-state index is 10.2. The van der Waals surface area contributed by atoms with Crippen LogP contribution in [0.25, 0.3) is 0 Å². The Hall–Kier alpha value is -0.0800. The Bertz CT molecular complexity index is 216. The predicted molar refractivity (Wildman–Crippen MR) is 44.5 cm³/mol. The average Bonchev–Trinajstić information content (AvgIpc) is 2.34. The molecule has 0 aromatic rings. The molecule has 4 rings (SSSR count). The smallest absolute Gasteiger partial charge is 0.0683 e. The fourth-order valence-electron chi connectivity index (χ4n) is 3.94. The second kappa shape index (κ2) is 2.05. The Morgan fingerprint density at radius 1 is 1.17 bits per heavy atom. The van der Waals surface area contributed by atoms with E-state index in [2.05, 4.69) is 0 Å². The molecule has 4 aliphatic carbocycles. The summed E-state index contributed by atoms with van der Waals surface area (Å²) < 4.78 is 0. The normalized spacial score (nSPS) is 62.5. The minimum absolute atomic E-state index is 0.0912. The number of rotatable bonds is 0. The highest BCUT2D eigenvalue weighted by molar-refractivity contribution is 5.09. The topological polar surface area (TPSA) is 40.5 Å². The summed E-state index contributed by atoms with van der Waals surface area (Å²) in [5.74, 6) is 1.27. The fourth-order valence-corrected chi connectivity index (χ4v) is 3.94. The summed E-state index contributed by atoms with van der Waals surface area (Å²) in [6, 6.07) is 0. The Balaban J connectivity index is 2.01. The summed E-state index contributed by atoms with van der Waals surface area (Å²) in [4.78, 5) is 0. The van der Waals surface area contributed by atoms with Crippen LogP contribution in [0.5, 0.6) is 0 Å². The van der Waals surface area contributed by atoms with E-state index in [1.807, 2.05) is 0 Å². The third-order valence-corrected chi connectivity index (χ3v) is 4.50. The number of aliphatic hydroxyl groups excluding tert-OH is 1. The van der Waals surface area contributed by atoms with Gasteiger partial charge in [0.2, 0.25) is 0 Å². The molecule has 2 heteroatoms. The van der Waals surface area contributed by atoms with Crippen LogP contribution in [0.4, 0.5) is 0 Å². The monoisotopic (exact) mass is 168 g/mol. The van der Waals surface area contributed by atoms with E-state index in [0.29, 0.717) is 17.8 Å². The van der Waals surface area contributed by atoms with Crippen molar-refractivity contribution in [3.8, 4) is 0 Å². The summed E-state index contributed by atoms with van der Waals surface area (Å²) in [7, 11) is 0. The minimum atomic E-state index is -0.368. The average molecular weight is 168 g/mol. The lowest BCUT2D eigenvalue weighted by Gasteiger charge is -2.49. The summed E-state index contributed by atoms with van der Waals surface area (Å²) in [6.07, 6.45) is 5.07. The molecule has 0 radical (unpaired) electrons. The van der Waals surface area contributed by atoms with Crippen molar-refractivity contribution >= 4 is 0 Å². The molecule has 0 aliphatic heterocycles. The van der Waals surface area contributed by atoms with Crippen LogP contribution in [0.2, 0.25) is 0 Å². The van der Waals surface area contributed by atoms with E-state index in [4.69, 9.17) is 0 Å². The number of fused-ring (bicyclic) bond motifs is 1. The zero-order chi connectivity index (χ0) is 8.34. The second-order valence-corrected chi connectivity index (χ2v) is 4.94. The van der Waals surface area contributed by atoms with E-state index < -0.39 is 0 Å². The van der Waals surface area contributed by atoms with Crippen molar-refractivity contribution in [3.05, 3.63) is 0 Å². The molecule has 0 aromatic carbocycles. The minimum Gasteiger partial charge on any atom is -0.393 e. The lowest BCUT2D eigenvalue weighted by atomic mass is 9.60. The van der Waals surface area contributed by atoms with Crippen molar-refractivity contribution in [2.75, 3.05) is 0 Å². The van der Waals surface area contributed by atoms with Crippen molar-refractivity contribution < 1.29 is 10.2 Å². The van der Waals surface area contributed by atoms with Gasteiger partial charge in [0.1, 0.15) is 0 Å². The second-order valence-electron chi connectivity index (χ2n) is 4.94. The molecule has 4 fully saturated rings. The first-order valence-corrected chi connectivity index (χ1v) is 5.11. The van der Waals surface area contributed by atoms with Crippen LogP contribution < -0.4 is 0 Å². The highest BCUT2D eigenvalue weighted by Crippen LogP contribution is 2.58. The van der Waals surface area contributed by atoms with Crippen molar-refractivity contribution in [2.45, 2.75) is 43.8 Å². The molecule has 5 unspecified atom stereocenters. The third kappa shape index (κ3) is 0.686. The highest BCUT2D eigenvalue weighted by Gasteiger charge is 2.58. The molecule has 4 saturated carbocycles. The summed E-state index contributed by atoms with van der Waals surface area (Å²) in [5, 5.41) is 20.1. The molecule has 0 spiro atoms. The van der Waals surface area contributed by atoms with Gasteiger partial charge < -0.3 is 10.2 Å². The molecule has 0 heterocycles. The molecule has 0 saturated heterocycles. The van der Waals surface area contributed by atoms with Crippen LogP contribution in [-0.2, 0) is 0 Å². The molecule has 2 nitrogen and oxygen atoms in total. The number of aliphatic hydroxyl groups is 2. The van der Waals surface area contributed by atoms with E-state index in [9.17, 15) is 10.2 Å². The Morgan fingerprint density at radius 2 is 2.00 bits per heavy atom. The van der Waals surface area contributed by atoms with E-state index in [0.717, 1.165) is 32.1 Å². The molecular formula is C10H16O2. The third-order valence-electron chi connectivity index (χ3n) is 4.50. The Morgan fingerprint density at radius 3 is 2.75 bits per heavy atom. The molecule has 2 N–H and O–H groups in total. The Labute approximate surface area is 72.6 Å². The van der Waals surface area contributed by atoms with Crippen LogP contribution in [0.15, 0.2) is 0 Å². The quantitative estimate of drug-likeness (QED) is 0.564. The molecule has 0 amide bonds. The van der Waals surface area contributed by atoms with Gasteiger partial charge in [-0.05, 0) is 49.9 Å².